The molecule has 6 nitrogen and oxygen atoms in total. The molecular weight excluding hydrogens is 402 g/mol. The molecule has 1 N–H and O–H groups in total. The average Bonchev–Trinajstić information content (AvgIpc) is 3.33. The molecule has 1 saturated carbocycles. The van der Waals surface area contributed by atoms with Crippen molar-refractivity contribution in [2.24, 2.45) is 0 Å². The van der Waals surface area contributed by atoms with Crippen LogP contribution in [0.15, 0.2) is 54.7 Å². The van der Waals surface area contributed by atoms with Gasteiger partial charge in [0.15, 0.2) is 0 Å². The third-order valence-corrected chi connectivity index (χ3v) is 6.20. The maximum Gasteiger partial charge on any atom is 0.255 e. The first-order chi connectivity index (χ1) is 15.7. The summed E-state index contributed by atoms with van der Waals surface area (Å²) < 4.78 is 13.4. The Bertz CT molecular complexity index is 1080. The van der Waals surface area contributed by atoms with Gasteiger partial charge in [-0.25, -0.2) is 4.68 Å². The second-order valence-electron chi connectivity index (χ2n) is 8.69. The van der Waals surface area contributed by atoms with E-state index in [9.17, 15) is 4.79 Å². The van der Waals surface area contributed by atoms with Gasteiger partial charge in [-0.15, -0.1) is 0 Å². The number of hydrogen-bond donors (Lipinski definition) is 1. The van der Waals surface area contributed by atoms with E-state index in [1.54, 1.807) is 6.20 Å². The molecule has 2 aromatic carbocycles. The van der Waals surface area contributed by atoms with Crippen LogP contribution in [-0.4, -0.2) is 35.0 Å². The van der Waals surface area contributed by atoms with Gasteiger partial charge in [-0.05, 0) is 61.9 Å². The lowest BCUT2D eigenvalue weighted by Crippen LogP contribution is -2.23. The van der Waals surface area contributed by atoms with Crippen LogP contribution in [0, 0.1) is 6.92 Å². The second kappa shape index (κ2) is 9.17. The molecule has 2 fully saturated rings. The van der Waals surface area contributed by atoms with E-state index in [4.69, 9.17) is 9.47 Å². The van der Waals surface area contributed by atoms with Crippen LogP contribution in [0.1, 0.15) is 58.8 Å². The molecular formula is C26H29N3O3. The van der Waals surface area contributed by atoms with E-state index in [2.05, 4.69) is 29.5 Å². The van der Waals surface area contributed by atoms with Crippen molar-refractivity contribution in [2.75, 3.05) is 13.2 Å². The first kappa shape index (κ1) is 20.8. The van der Waals surface area contributed by atoms with E-state index < -0.39 is 0 Å². The highest BCUT2D eigenvalue weighted by Gasteiger charge is 2.33. The zero-order chi connectivity index (χ0) is 21.9. The molecule has 6 heteroatoms. The number of aromatic nitrogens is 2. The predicted octanol–water partition coefficient (Wildman–Crippen LogP) is 4.55. The van der Waals surface area contributed by atoms with E-state index >= 15 is 0 Å². The highest BCUT2D eigenvalue weighted by molar-refractivity contribution is 5.95. The Morgan fingerprint density at radius 1 is 1.16 bits per heavy atom. The summed E-state index contributed by atoms with van der Waals surface area (Å²) in [5.41, 5.74) is 4.90. The first-order valence-corrected chi connectivity index (χ1v) is 11.4. The second-order valence-corrected chi connectivity index (χ2v) is 8.69. The molecule has 1 atom stereocenters. The van der Waals surface area contributed by atoms with E-state index in [0.717, 1.165) is 60.5 Å². The molecule has 1 aromatic heterocycles. The normalized spacial score (nSPS) is 18.0. The molecule has 1 amide bonds. The lowest BCUT2D eigenvalue weighted by molar-refractivity contribution is 0.0679. The van der Waals surface area contributed by atoms with Crippen molar-refractivity contribution in [1.82, 2.24) is 15.1 Å². The van der Waals surface area contributed by atoms with Gasteiger partial charge in [-0.3, -0.25) is 4.79 Å². The predicted molar refractivity (Wildman–Crippen MR) is 122 cm³/mol. The van der Waals surface area contributed by atoms with Crippen molar-refractivity contribution in [3.63, 3.8) is 0 Å². The number of carbonyl (C=O) groups excluding carboxylic acids is 1. The summed E-state index contributed by atoms with van der Waals surface area (Å²) in [4.78, 5) is 13.0. The average molecular weight is 432 g/mol. The monoisotopic (exact) mass is 431 g/mol. The minimum absolute atomic E-state index is 0.0783. The summed E-state index contributed by atoms with van der Waals surface area (Å²) >= 11 is 0. The Labute approximate surface area is 188 Å². The number of aryl methyl sites for hydroxylation is 1. The fourth-order valence-corrected chi connectivity index (χ4v) is 4.22. The third kappa shape index (κ3) is 4.55. The summed E-state index contributed by atoms with van der Waals surface area (Å²) in [6, 6.07) is 16.0. The van der Waals surface area contributed by atoms with E-state index in [0.29, 0.717) is 24.6 Å². The molecule has 3 aromatic rings. The Balaban J connectivity index is 1.23. The van der Waals surface area contributed by atoms with Crippen molar-refractivity contribution in [1.29, 1.82) is 0 Å². The molecule has 5 rings (SSSR count). The van der Waals surface area contributed by atoms with Crippen LogP contribution in [-0.2, 0) is 11.3 Å². The van der Waals surface area contributed by atoms with Gasteiger partial charge in [-0.2, -0.15) is 5.10 Å². The smallest absolute Gasteiger partial charge is 0.255 e. The van der Waals surface area contributed by atoms with Gasteiger partial charge in [0.05, 0.1) is 29.2 Å². The maximum absolute atomic E-state index is 13.0. The van der Waals surface area contributed by atoms with Crippen molar-refractivity contribution >= 4 is 5.91 Å². The third-order valence-electron chi connectivity index (χ3n) is 6.20. The van der Waals surface area contributed by atoms with Crippen LogP contribution in [0.4, 0.5) is 0 Å². The lowest BCUT2D eigenvalue weighted by atomic mass is 10.1. The van der Waals surface area contributed by atoms with Crippen molar-refractivity contribution in [3.8, 4) is 11.4 Å². The van der Waals surface area contributed by atoms with Crippen LogP contribution in [0.25, 0.3) is 5.69 Å². The highest BCUT2D eigenvalue weighted by Crippen LogP contribution is 2.42. The number of rotatable bonds is 8. The van der Waals surface area contributed by atoms with Gasteiger partial charge in [0.1, 0.15) is 12.4 Å². The summed E-state index contributed by atoms with van der Waals surface area (Å²) in [5.74, 6) is 1.15. The fraction of sp³-hybridized carbons (Fsp3) is 0.385. The van der Waals surface area contributed by atoms with Crippen LogP contribution in [0.5, 0.6) is 5.75 Å². The summed E-state index contributed by atoms with van der Waals surface area (Å²) in [6.07, 6.45) is 6.29. The minimum atomic E-state index is -0.0783. The molecule has 0 bridgehead atoms. The molecule has 1 aliphatic carbocycles. The van der Waals surface area contributed by atoms with Crippen molar-refractivity contribution in [2.45, 2.75) is 51.2 Å². The van der Waals surface area contributed by atoms with Crippen LogP contribution in [0.2, 0.25) is 0 Å². The fourth-order valence-electron chi connectivity index (χ4n) is 4.22. The van der Waals surface area contributed by atoms with Gasteiger partial charge in [-0.1, -0.05) is 30.3 Å². The topological polar surface area (TPSA) is 65.4 Å². The number of nitrogens with one attached hydrogen (secondary N) is 1. The van der Waals surface area contributed by atoms with Crippen molar-refractivity contribution in [3.05, 3.63) is 77.1 Å². The SMILES string of the molecule is Cc1ccccc1-n1ncc(C(=O)NCc2ccc(OCC3CCCO3)cc2)c1C1CC1. The van der Waals surface area contributed by atoms with Crippen molar-refractivity contribution < 1.29 is 14.3 Å². The molecule has 166 valence electrons. The van der Waals surface area contributed by atoms with Gasteiger partial charge < -0.3 is 14.8 Å². The Hall–Kier alpha value is -3.12. The van der Waals surface area contributed by atoms with Gasteiger partial charge in [0.25, 0.3) is 5.91 Å². The van der Waals surface area contributed by atoms with Gasteiger partial charge in [0, 0.05) is 19.1 Å². The standard InChI is InChI=1S/C26H29N3O3/c1-18-5-2-3-7-24(18)29-25(20-10-11-20)23(16-28-29)26(30)27-15-19-8-12-21(13-9-19)32-17-22-6-4-14-31-22/h2-3,5,7-9,12-13,16,20,22H,4,6,10-11,14-15,17H2,1H3,(H,27,30). The van der Waals surface area contributed by atoms with Crippen LogP contribution >= 0.6 is 0 Å². The van der Waals surface area contributed by atoms with E-state index in [1.165, 1.54) is 0 Å². The zero-order valence-electron chi connectivity index (χ0n) is 18.4. The Kier molecular flexibility index (Phi) is 5.95. The Morgan fingerprint density at radius 3 is 2.69 bits per heavy atom. The Morgan fingerprint density at radius 2 is 1.97 bits per heavy atom. The maximum atomic E-state index is 13.0. The number of carbonyl (C=O) groups is 1. The number of nitrogens with zero attached hydrogens (tertiary/aromatic N) is 2. The van der Waals surface area contributed by atoms with Crippen LogP contribution < -0.4 is 10.1 Å². The summed E-state index contributed by atoms with van der Waals surface area (Å²) in [6.45, 7) is 3.95. The molecule has 1 aliphatic heterocycles. The summed E-state index contributed by atoms with van der Waals surface area (Å²) in [5, 5.41) is 7.64. The number of para-hydroxylation sites is 1. The quantitative estimate of drug-likeness (QED) is 0.568. The minimum Gasteiger partial charge on any atom is -0.491 e. The molecule has 2 heterocycles. The summed E-state index contributed by atoms with van der Waals surface area (Å²) in [7, 11) is 0. The van der Waals surface area contributed by atoms with E-state index in [1.807, 2.05) is 41.1 Å². The van der Waals surface area contributed by atoms with Crippen LogP contribution in [0.3, 0.4) is 0 Å². The number of amides is 1. The highest BCUT2D eigenvalue weighted by atomic mass is 16.5. The molecule has 32 heavy (non-hydrogen) atoms. The van der Waals surface area contributed by atoms with Gasteiger partial charge >= 0.3 is 0 Å². The molecule has 1 unspecified atom stereocenters. The first-order valence-electron chi connectivity index (χ1n) is 11.4. The van der Waals surface area contributed by atoms with Gasteiger partial charge in [0.2, 0.25) is 0 Å². The number of hydrogen-bond acceptors (Lipinski definition) is 4. The molecule has 1 saturated heterocycles. The lowest BCUT2D eigenvalue weighted by Gasteiger charge is -2.12. The molecule has 2 aliphatic rings. The largest absolute Gasteiger partial charge is 0.491 e. The molecule has 0 radical (unpaired) electrons. The zero-order valence-corrected chi connectivity index (χ0v) is 18.4. The number of ether oxygens (including phenoxy) is 2. The number of benzene rings is 2. The van der Waals surface area contributed by atoms with E-state index in [-0.39, 0.29) is 12.0 Å². The molecule has 0 spiro atoms.